The number of rotatable bonds is 3. The van der Waals surface area contributed by atoms with Gasteiger partial charge >= 0.3 is 0 Å². The molecule has 0 saturated heterocycles. The lowest BCUT2D eigenvalue weighted by Crippen LogP contribution is -2.25. The Morgan fingerprint density at radius 2 is 2.13 bits per heavy atom. The van der Waals surface area contributed by atoms with Gasteiger partial charge in [-0.2, -0.15) is 0 Å². The van der Waals surface area contributed by atoms with E-state index in [0.717, 1.165) is 5.69 Å². The van der Waals surface area contributed by atoms with Crippen LogP contribution in [-0.4, -0.2) is 15.7 Å². The highest BCUT2D eigenvalue weighted by Gasteiger charge is 2.10. The molecule has 0 fully saturated rings. The lowest BCUT2D eigenvalue weighted by atomic mass is 10.2. The zero-order valence-corrected chi connectivity index (χ0v) is 9.66. The molecule has 0 unspecified atom stereocenters. The van der Waals surface area contributed by atoms with E-state index in [9.17, 15) is 9.90 Å². The third kappa shape index (κ3) is 2.59. The second-order valence-corrected chi connectivity index (χ2v) is 4.04. The SMILES string of the molecule is Cc1cc(=O)c(O)c(CNC(C)C)n1C. The van der Waals surface area contributed by atoms with Crippen molar-refractivity contribution in [3.63, 3.8) is 0 Å². The summed E-state index contributed by atoms with van der Waals surface area (Å²) in [5.74, 6) is -0.156. The monoisotopic (exact) mass is 210 g/mol. The second kappa shape index (κ2) is 4.49. The Morgan fingerprint density at radius 3 is 2.67 bits per heavy atom. The van der Waals surface area contributed by atoms with E-state index in [0.29, 0.717) is 18.3 Å². The van der Waals surface area contributed by atoms with Gasteiger partial charge in [0.15, 0.2) is 5.75 Å². The summed E-state index contributed by atoms with van der Waals surface area (Å²) in [5, 5.41) is 12.8. The number of pyridine rings is 1. The van der Waals surface area contributed by atoms with Crippen LogP contribution in [0, 0.1) is 6.92 Å². The van der Waals surface area contributed by atoms with Crippen LogP contribution in [0.25, 0.3) is 0 Å². The molecule has 4 nitrogen and oxygen atoms in total. The zero-order valence-electron chi connectivity index (χ0n) is 9.66. The van der Waals surface area contributed by atoms with E-state index in [-0.39, 0.29) is 11.2 Å². The minimum atomic E-state index is -0.314. The third-order valence-corrected chi connectivity index (χ3v) is 2.46. The fourth-order valence-electron chi connectivity index (χ4n) is 1.37. The minimum absolute atomic E-state index is 0.156. The molecule has 2 N–H and O–H groups in total. The number of hydrogen-bond donors (Lipinski definition) is 2. The summed E-state index contributed by atoms with van der Waals surface area (Å²) in [7, 11) is 1.84. The van der Waals surface area contributed by atoms with Crippen molar-refractivity contribution in [2.75, 3.05) is 0 Å². The van der Waals surface area contributed by atoms with Crippen LogP contribution >= 0.6 is 0 Å². The zero-order chi connectivity index (χ0) is 11.6. The molecule has 0 bridgehead atoms. The molecule has 0 spiro atoms. The molecule has 0 aliphatic carbocycles. The number of aromatic nitrogens is 1. The summed E-state index contributed by atoms with van der Waals surface area (Å²) in [4.78, 5) is 11.4. The van der Waals surface area contributed by atoms with E-state index in [4.69, 9.17) is 0 Å². The first kappa shape index (κ1) is 11.8. The van der Waals surface area contributed by atoms with Gasteiger partial charge in [0, 0.05) is 31.4 Å². The molecule has 0 saturated carbocycles. The highest BCUT2D eigenvalue weighted by molar-refractivity contribution is 5.29. The Bertz CT molecular complexity index is 408. The van der Waals surface area contributed by atoms with Crippen LogP contribution in [0.5, 0.6) is 5.75 Å². The van der Waals surface area contributed by atoms with Crippen molar-refractivity contribution >= 4 is 0 Å². The molecular weight excluding hydrogens is 192 g/mol. The van der Waals surface area contributed by atoms with Crippen LogP contribution in [-0.2, 0) is 13.6 Å². The van der Waals surface area contributed by atoms with Crippen LogP contribution in [0.1, 0.15) is 25.2 Å². The summed E-state index contributed by atoms with van der Waals surface area (Å²) in [6.45, 7) is 6.38. The molecule has 1 aromatic heterocycles. The first-order valence-corrected chi connectivity index (χ1v) is 5.05. The van der Waals surface area contributed by atoms with Gasteiger partial charge in [-0.15, -0.1) is 0 Å². The van der Waals surface area contributed by atoms with E-state index in [2.05, 4.69) is 5.32 Å². The van der Waals surface area contributed by atoms with Gasteiger partial charge in [0.2, 0.25) is 5.43 Å². The average molecular weight is 210 g/mol. The molecule has 0 radical (unpaired) electrons. The van der Waals surface area contributed by atoms with E-state index in [1.807, 2.05) is 32.4 Å². The van der Waals surface area contributed by atoms with Crippen molar-refractivity contribution in [2.45, 2.75) is 33.4 Å². The topological polar surface area (TPSA) is 54.3 Å². The third-order valence-electron chi connectivity index (χ3n) is 2.46. The molecule has 1 rings (SSSR count). The fraction of sp³-hybridized carbons (Fsp3) is 0.545. The molecule has 0 aliphatic heterocycles. The van der Waals surface area contributed by atoms with Gasteiger partial charge in [-0.05, 0) is 6.92 Å². The largest absolute Gasteiger partial charge is 0.503 e. The number of nitrogens with one attached hydrogen (secondary N) is 1. The van der Waals surface area contributed by atoms with Crippen LogP contribution in [0.3, 0.4) is 0 Å². The highest BCUT2D eigenvalue weighted by atomic mass is 16.3. The Morgan fingerprint density at radius 1 is 1.53 bits per heavy atom. The standard InChI is InChI=1S/C11H18N2O2/c1-7(2)12-6-9-11(15)10(14)5-8(3)13(9)4/h5,7,12,15H,6H2,1-4H3. The van der Waals surface area contributed by atoms with Gasteiger partial charge in [-0.3, -0.25) is 4.79 Å². The van der Waals surface area contributed by atoms with Gasteiger partial charge in [-0.1, -0.05) is 13.8 Å². The van der Waals surface area contributed by atoms with Crippen LogP contribution in [0.15, 0.2) is 10.9 Å². The number of aromatic hydroxyl groups is 1. The van der Waals surface area contributed by atoms with Crippen molar-refractivity contribution in [3.05, 3.63) is 27.7 Å². The van der Waals surface area contributed by atoms with Crippen molar-refractivity contribution in [2.24, 2.45) is 7.05 Å². The molecule has 0 amide bonds. The number of hydrogen-bond acceptors (Lipinski definition) is 3. The first-order chi connectivity index (χ1) is 6.93. The summed E-state index contributed by atoms with van der Waals surface area (Å²) in [6.07, 6.45) is 0. The lowest BCUT2D eigenvalue weighted by molar-refractivity contribution is 0.441. The first-order valence-electron chi connectivity index (χ1n) is 5.05. The summed E-state index contributed by atoms with van der Waals surface area (Å²) >= 11 is 0. The summed E-state index contributed by atoms with van der Waals surface area (Å²) in [5.41, 5.74) is 1.17. The Hall–Kier alpha value is -1.29. The maximum absolute atomic E-state index is 11.4. The average Bonchev–Trinajstić information content (AvgIpc) is 2.14. The fourth-order valence-corrected chi connectivity index (χ4v) is 1.37. The van der Waals surface area contributed by atoms with Gasteiger partial charge in [-0.25, -0.2) is 0 Å². The quantitative estimate of drug-likeness (QED) is 0.779. The molecule has 4 heteroatoms. The second-order valence-electron chi connectivity index (χ2n) is 4.04. The molecule has 0 aliphatic rings. The predicted octanol–water partition coefficient (Wildman–Crippen LogP) is 0.897. The molecule has 0 atom stereocenters. The van der Waals surface area contributed by atoms with E-state index in [1.54, 1.807) is 0 Å². The maximum Gasteiger partial charge on any atom is 0.223 e. The Balaban J connectivity index is 3.10. The summed E-state index contributed by atoms with van der Waals surface area (Å²) in [6, 6.07) is 1.76. The van der Waals surface area contributed by atoms with E-state index in [1.165, 1.54) is 6.07 Å². The molecule has 1 aromatic rings. The summed E-state index contributed by atoms with van der Waals surface area (Å²) < 4.78 is 1.83. The highest BCUT2D eigenvalue weighted by Crippen LogP contribution is 2.12. The number of aryl methyl sites for hydroxylation is 1. The van der Waals surface area contributed by atoms with Crippen molar-refractivity contribution in [1.82, 2.24) is 9.88 Å². The van der Waals surface area contributed by atoms with Crippen molar-refractivity contribution in [1.29, 1.82) is 0 Å². The molecule has 1 heterocycles. The smallest absolute Gasteiger partial charge is 0.223 e. The Labute approximate surface area is 89.6 Å². The van der Waals surface area contributed by atoms with Gasteiger partial charge in [0.05, 0.1) is 5.69 Å². The normalized spacial score (nSPS) is 11.0. The lowest BCUT2D eigenvalue weighted by Gasteiger charge is -2.15. The number of nitrogens with zero attached hydrogens (tertiary/aromatic N) is 1. The Kier molecular flexibility index (Phi) is 3.52. The predicted molar refractivity (Wildman–Crippen MR) is 60.1 cm³/mol. The van der Waals surface area contributed by atoms with Crippen molar-refractivity contribution < 1.29 is 5.11 Å². The molecular formula is C11H18N2O2. The van der Waals surface area contributed by atoms with Crippen LogP contribution < -0.4 is 10.7 Å². The van der Waals surface area contributed by atoms with E-state index < -0.39 is 0 Å². The van der Waals surface area contributed by atoms with Gasteiger partial charge < -0.3 is 15.0 Å². The minimum Gasteiger partial charge on any atom is -0.503 e. The van der Waals surface area contributed by atoms with Gasteiger partial charge in [0.1, 0.15) is 0 Å². The van der Waals surface area contributed by atoms with Crippen LogP contribution in [0.4, 0.5) is 0 Å². The molecule has 0 aromatic carbocycles. The molecule has 84 valence electrons. The van der Waals surface area contributed by atoms with Crippen LogP contribution in [0.2, 0.25) is 0 Å². The van der Waals surface area contributed by atoms with Crippen molar-refractivity contribution in [3.8, 4) is 5.75 Å². The van der Waals surface area contributed by atoms with E-state index >= 15 is 0 Å². The molecule has 15 heavy (non-hydrogen) atoms. The maximum atomic E-state index is 11.4. The van der Waals surface area contributed by atoms with Gasteiger partial charge in [0.25, 0.3) is 0 Å².